The molecular weight excluding hydrogens is 410 g/mol. The summed E-state index contributed by atoms with van der Waals surface area (Å²) in [6, 6.07) is 9.27. The van der Waals surface area contributed by atoms with Gasteiger partial charge in [-0.3, -0.25) is 9.59 Å². The van der Waals surface area contributed by atoms with Crippen molar-refractivity contribution < 1.29 is 14.3 Å². The molecular formula is C20H22BrN3O3. The molecule has 3 rings (SSSR count). The number of ether oxygens (including phenoxy) is 1. The Balaban J connectivity index is 1.90. The fourth-order valence-corrected chi connectivity index (χ4v) is 3.68. The molecule has 0 bridgehead atoms. The molecule has 6 nitrogen and oxygen atoms in total. The van der Waals surface area contributed by atoms with E-state index in [1.54, 1.807) is 12.1 Å². The molecule has 142 valence electrons. The average molecular weight is 432 g/mol. The average Bonchev–Trinajstić information content (AvgIpc) is 2.62. The predicted molar refractivity (Wildman–Crippen MR) is 109 cm³/mol. The fraction of sp³-hybridized carbons (Fsp3) is 0.300. The molecule has 0 atom stereocenters. The summed E-state index contributed by atoms with van der Waals surface area (Å²) in [6.07, 6.45) is 0.893. The Morgan fingerprint density at radius 2 is 1.96 bits per heavy atom. The number of amides is 2. The zero-order valence-electron chi connectivity index (χ0n) is 15.6. The van der Waals surface area contributed by atoms with E-state index in [2.05, 4.69) is 44.6 Å². The Hall–Kier alpha value is -2.38. The van der Waals surface area contributed by atoms with Crippen molar-refractivity contribution in [3.63, 3.8) is 0 Å². The van der Waals surface area contributed by atoms with Crippen molar-refractivity contribution in [2.24, 2.45) is 0 Å². The van der Waals surface area contributed by atoms with Crippen LogP contribution in [0.5, 0.6) is 5.75 Å². The van der Waals surface area contributed by atoms with Gasteiger partial charge in [0.2, 0.25) is 5.91 Å². The molecule has 0 fully saturated rings. The minimum Gasteiger partial charge on any atom is -0.496 e. The van der Waals surface area contributed by atoms with E-state index in [-0.39, 0.29) is 11.8 Å². The second kappa shape index (κ2) is 8.10. The topological polar surface area (TPSA) is 70.7 Å². The highest BCUT2D eigenvalue weighted by Crippen LogP contribution is 2.33. The van der Waals surface area contributed by atoms with Crippen molar-refractivity contribution in [1.82, 2.24) is 4.90 Å². The molecule has 27 heavy (non-hydrogen) atoms. The molecule has 0 saturated heterocycles. The third-order valence-corrected chi connectivity index (χ3v) is 5.21. The van der Waals surface area contributed by atoms with Crippen LogP contribution in [0.4, 0.5) is 11.4 Å². The number of hydrogen-bond acceptors (Lipinski definition) is 4. The van der Waals surface area contributed by atoms with Crippen molar-refractivity contribution in [2.75, 3.05) is 31.3 Å². The van der Waals surface area contributed by atoms with Gasteiger partial charge in [0.1, 0.15) is 5.75 Å². The number of anilines is 2. The molecule has 0 aromatic heterocycles. The lowest BCUT2D eigenvalue weighted by atomic mass is 9.98. The van der Waals surface area contributed by atoms with E-state index in [0.717, 1.165) is 25.2 Å². The number of nitrogens with zero attached hydrogens (tertiary/aromatic N) is 1. The van der Waals surface area contributed by atoms with Crippen LogP contribution in [0.25, 0.3) is 0 Å². The van der Waals surface area contributed by atoms with Crippen molar-refractivity contribution in [1.29, 1.82) is 0 Å². The summed E-state index contributed by atoms with van der Waals surface area (Å²) < 4.78 is 5.98. The SMILES string of the molecule is COc1cc(NC(C)=O)c(Br)cc1C(=O)Nc1cccc2c1CCN(C)C2. The van der Waals surface area contributed by atoms with Crippen molar-refractivity contribution in [3.05, 3.63) is 51.5 Å². The molecule has 1 aliphatic rings. The summed E-state index contributed by atoms with van der Waals surface area (Å²) in [5.74, 6) is -0.0610. The standard InChI is InChI=1S/C20H22BrN3O3/c1-12(25)22-18-10-19(27-3)15(9-16(18)21)20(26)23-17-6-4-5-13-11-24(2)8-7-14(13)17/h4-6,9-10H,7-8,11H2,1-3H3,(H,22,25)(H,23,26). The first kappa shape index (κ1) is 19.4. The van der Waals surface area contributed by atoms with Gasteiger partial charge in [-0.05, 0) is 52.7 Å². The molecule has 2 N–H and O–H groups in total. The first-order valence-corrected chi connectivity index (χ1v) is 9.44. The van der Waals surface area contributed by atoms with Crippen LogP contribution in [0.15, 0.2) is 34.8 Å². The van der Waals surface area contributed by atoms with Gasteiger partial charge in [-0.25, -0.2) is 0 Å². The number of likely N-dealkylation sites (N-methyl/N-ethyl adjacent to an activating group) is 1. The minimum absolute atomic E-state index is 0.198. The first-order valence-electron chi connectivity index (χ1n) is 8.65. The van der Waals surface area contributed by atoms with Gasteiger partial charge in [-0.2, -0.15) is 0 Å². The largest absolute Gasteiger partial charge is 0.496 e. The molecule has 0 radical (unpaired) electrons. The molecule has 1 heterocycles. The van der Waals surface area contributed by atoms with Gasteiger partial charge in [0.25, 0.3) is 5.91 Å². The quantitative estimate of drug-likeness (QED) is 0.774. The normalized spacial score (nSPS) is 13.6. The number of hydrogen-bond donors (Lipinski definition) is 2. The lowest BCUT2D eigenvalue weighted by molar-refractivity contribution is -0.114. The van der Waals surface area contributed by atoms with Crippen LogP contribution in [0.2, 0.25) is 0 Å². The predicted octanol–water partition coefficient (Wildman–Crippen LogP) is 3.66. The molecule has 0 aliphatic carbocycles. The lowest BCUT2D eigenvalue weighted by Crippen LogP contribution is -2.27. The van der Waals surface area contributed by atoms with Crippen LogP contribution < -0.4 is 15.4 Å². The Morgan fingerprint density at radius 1 is 1.19 bits per heavy atom. The van der Waals surface area contributed by atoms with Gasteiger partial charge in [0.15, 0.2) is 0 Å². The summed E-state index contributed by atoms with van der Waals surface area (Å²) >= 11 is 3.40. The monoisotopic (exact) mass is 431 g/mol. The maximum atomic E-state index is 12.9. The van der Waals surface area contributed by atoms with Crippen molar-refractivity contribution >= 4 is 39.1 Å². The first-order chi connectivity index (χ1) is 12.9. The van der Waals surface area contributed by atoms with E-state index in [1.807, 2.05) is 12.1 Å². The maximum Gasteiger partial charge on any atom is 0.259 e. The second-order valence-electron chi connectivity index (χ2n) is 6.60. The van der Waals surface area contributed by atoms with E-state index < -0.39 is 0 Å². The van der Waals surface area contributed by atoms with Crippen LogP contribution in [-0.4, -0.2) is 37.4 Å². The number of halogens is 1. The highest BCUT2D eigenvalue weighted by molar-refractivity contribution is 9.10. The van der Waals surface area contributed by atoms with Crippen molar-refractivity contribution in [2.45, 2.75) is 19.9 Å². The molecule has 0 saturated carbocycles. The zero-order valence-corrected chi connectivity index (χ0v) is 17.1. The summed E-state index contributed by atoms with van der Waals surface area (Å²) in [4.78, 5) is 26.5. The van der Waals surface area contributed by atoms with E-state index in [0.29, 0.717) is 21.5 Å². The summed E-state index contributed by atoms with van der Waals surface area (Å²) in [5.41, 5.74) is 4.18. The van der Waals surface area contributed by atoms with Gasteiger partial charge in [0.05, 0.1) is 18.4 Å². The summed E-state index contributed by atoms with van der Waals surface area (Å²) in [5, 5.41) is 5.72. The molecule has 1 aliphatic heterocycles. The summed E-state index contributed by atoms with van der Waals surface area (Å²) in [7, 11) is 3.59. The van der Waals surface area contributed by atoms with E-state index in [1.165, 1.54) is 25.2 Å². The van der Waals surface area contributed by atoms with Crippen molar-refractivity contribution in [3.8, 4) is 5.75 Å². The number of carbonyl (C=O) groups is 2. The Bertz CT molecular complexity index is 898. The van der Waals surface area contributed by atoms with Gasteiger partial charge in [-0.1, -0.05) is 12.1 Å². The van der Waals surface area contributed by atoms with Gasteiger partial charge >= 0.3 is 0 Å². The molecule has 0 spiro atoms. The molecule has 7 heteroatoms. The van der Waals surface area contributed by atoms with E-state index in [9.17, 15) is 9.59 Å². The fourth-order valence-electron chi connectivity index (χ4n) is 3.24. The number of nitrogens with one attached hydrogen (secondary N) is 2. The van der Waals surface area contributed by atoms with Gasteiger partial charge in [-0.15, -0.1) is 0 Å². The number of benzene rings is 2. The smallest absolute Gasteiger partial charge is 0.259 e. The third kappa shape index (κ3) is 4.31. The Morgan fingerprint density at radius 3 is 2.67 bits per heavy atom. The highest BCUT2D eigenvalue weighted by Gasteiger charge is 2.20. The van der Waals surface area contributed by atoms with E-state index >= 15 is 0 Å². The van der Waals surface area contributed by atoms with Crippen LogP contribution in [-0.2, 0) is 17.8 Å². The minimum atomic E-state index is -0.255. The maximum absolute atomic E-state index is 12.9. The Labute approximate surface area is 167 Å². The second-order valence-corrected chi connectivity index (χ2v) is 7.45. The van der Waals surface area contributed by atoms with Crippen LogP contribution in [0.1, 0.15) is 28.4 Å². The number of rotatable bonds is 4. The highest BCUT2D eigenvalue weighted by atomic mass is 79.9. The lowest BCUT2D eigenvalue weighted by Gasteiger charge is -2.26. The van der Waals surface area contributed by atoms with Crippen LogP contribution in [0.3, 0.4) is 0 Å². The number of fused-ring (bicyclic) bond motifs is 1. The van der Waals surface area contributed by atoms with Crippen LogP contribution in [0, 0.1) is 0 Å². The molecule has 2 aromatic rings. The molecule has 2 amide bonds. The van der Waals surface area contributed by atoms with Crippen LogP contribution >= 0.6 is 15.9 Å². The molecule has 2 aromatic carbocycles. The number of methoxy groups -OCH3 is 1. The number of carbonyl (C=O) groups excluding carboxylic acids is 2. The third-order valence-electron chi connectivity index (χ3n) is 4.55. The zero-order chi connectivity index (χ0) is 19.6. The molecule has 0 unspecified atom stereocenters. The van der Waals surface area contributed by atoms with Gasteiger partial charge in [0, 0.05) is 36.2 Å². The van der Waals surface area contributed by atoms with Gasteiger partial charge < -0.3 is 20.3 Å². The summed E-state index contributed by atoms with van der Waals surface area (Å²) in [6.45, 7) is 3.26. The Kier molecular flexibility index (Phi) is 5.82. The van der Waals surface area contributed by atoms with E-state index in [4.69, 9.17) is 4.74 Å².